The molecule has 0 saturated heterocycles. The molecule has 4 heteroatoms. The Morgan fingerprint density at radius 1 is 0.593 bits per heavy atom. The first-order chi connectivity index (χ1) is 13.4. The number of fused-ring (bicyclic) bond motifs is 2. The Kier molecular flexibility index (Phi) is 3.87. The highest BCUT2D eigenvalue weighted by Gasteiger charge is 2.15. The number of imidazole rings is 1. The molecular weight excluding hydrogens is 332 g/mol. The first-order valence-corrected chi connectivity index (χ1v) is 9.11. The predicted octanol–water partition coefficient (Wildman–Crippen LogP) is 4.96. The average Bonchev–Trinajstić information content (AvgIpc) is 3.16. The minimum absolute atomic E-state index is 0.775. The highest BCUT2D eigenvalue weighted by atomic mass is 15.0. The van der Waals surface area contributed by atoms with Crippen molar-refractivity contribution in [3.05, 3.63) is 90.1 Å². The van der Waals surface area contributed by atoms with Crippen LogP contribution in [-0.2, 0) is 12.8 Å². The molecule has 0 aliphatic rings. The second kappa shape index (κ2) is 6.65. The molecule has 0 spiro atoms. The molecule has 0 amide bonds. The molecule has 27 heavy (non-hydrogen) atoms. The van der Waals surface area contributed by atoms with Crippen LogP contribution < -0.4 is 0 Å². The summed E-state index contributed by atoms with van der Waals surface area (Å²) in [4.78, 5) is 18.0. The molecule has 0 aliphatic heterocycles. The van der Waals surface area contributed by atoms with Gasteiger partial charge in [-0.25, -0.2) is 15.0 Å². The monoisotopic (exact) mass is 350 g/mol. The van der Waals surface area contributed by atoms with Gasteiger partial charge in [-0.15, -0.1) is 0 Å². The topological polar surface area (TPSA) is 54.5 Å². The van der Waals surface area contributed by atoms with E-state index in [2.05, 4.69) is 29.2 Å². The van der Waals surface area contributed by atoms with Crippen LogP contribution in [0.2, 0.25) is 0 Å². The molecule has 0 unspecified atom stereocenters. The Labute approximate surface area is 157 Å². The zero-order chi connectivity index (χ0) is 18.1. The van der Waals surface area contributed by atoms with Gasteiger partial charge in [0.25, 0.3) is 0 Å². The van der Waals surface area contributed by atoms with Crippen molar-refractivity contribution in [2.24, 2.45) is 0 Å². The summed E-state index contributed by atoms with van der Waals surface area (Å²) < 4.78 is 0. The number of benzene rings is 3. The SMILES string of the molecule is c1ccc(CCc2nc3ccccc3nc2-c2nc3ccccc3[nH]2)cc1. The summed E-state index contributed by atoms with van der Waals surface area (Å²) in [5.41, 5.74) is 6.85. The fourth-order valence-corrected chi connectivity index (χ4v) is 3.37. The van der Waals surface area contributed by atoms with Gasteiger partial charge in [-0.2, -0.15) is 0 Å². The lowest BCUT2D eigenvalue weighted by Crippen LogP contribution is -2.02. The van der Waals surface area contributed by atoms with Crippen molar-refractivity contribution in [3.63, 3.8) is 0 Å². The second-order valence-corrected chi connectivity index (χ2v) is 6.60. The van der Waals surface area contributed by atoms with Crippen LogP contribution in [-0.4, -0.2) is 19.9 Å². The molecule has 1 N–H and O–H groups in total. The zero-order valence-electron chi connectivity index (χ0n) is 14.8. The molecular formula is C23H18N4. The molecule has 5 rings (SSSR count). The average molecular weight is 350 g/mol. The van der Waals surface area contributed by atoms with E-state index in [0.717, 1.165) is 52.1 Å². The number of H-pyrrole nitrogens is 1. The molecule has 0 radical (unpaired) electrons. The summed E-state index contributed by atoms with van der Waals surface area (Å²) in [5.74, 6) is 0.775. The van der Waals surface area contributed by atoms with Crippen LogP contribution in [0.25, 0.3) is 33.6 Å². The lowest BCUT2D eigenvalue weighted by molar-refractivity contribution is 0.912. The summed E-state index contributed by atoms with van der Waals surface area (Å²) in [7, 11) is 0. The number of rotatable bonds is 4. The molecule has 3 aromatic carbocycles. The number of nitrogens with one attached hydrogen (secondary N) is 1. The van der Waals surface area contributed by atoms with Crippen LogP contribution in [0, 0.1) is 0 Å². The minimum atomic E-state index is 0.775. The number of aryl methyl sites for hydroxylation is 2. The Bertz CT molecular complexity index is 1190. The Balaban J connectivity index is 1.62. The van der Waals surface area contributed by atoms with E-state index in [-0.39, 0.29) is 0 Å². The highest BCUT2D eigenvalue weighted by Crippen LogP contribution is 2.24. The van der Waals surface area contributed by atoms with Gasteiger partial charge in [0.2, 0.25) is 0 Å². The van der Waals surface area contributed by atoms with Gasteiger partial charge in [0, 0.05) is 0 Å². The van der Waals surface area contributed by atoms with Gasteiger partial charge in [-0.1, -0.05) is 54.6 Å². The summed E-state index contributed by atoms with van der Waals surface area (Å²) in [6.07, 6.45) is 1.73. The molecule has 4 nitrogen and oxygen atoms in total. The normalized spacial score (nSPS) is 11.3. The number of nitrogens with zero attached hydrogens (tertiary/aromatic N) is 3. The molecule has 0 bridgehead atoms. The van der Waals surface area contributed by atoms with Crippen LogP contribution in [0.5, 0.6) is 0 Å². The lowest BCUT2D eigenvalue weighted by Gasteiger charge is -2.08. The van der Waals surface area contributed by atoms with Gasteiger partial charge >= 0.3 is 0 Å². The van der Waals surface area contributed by atoms with E-state index in [1.165, 1.54) is 5.56 Å². The molecule has 130 valence electrons. The number of aromatic nitrogens is 4. The van der Waals surface area contributed by atoms with E-state index in [0.29, 0.717) is 0 Å². The van der Waals surface area contributed by atoms with Crippen LogP contribution in [0.1, 0.15) is 11.3 Å². The molecule has 0 aliphatic carbocycles. The Hall–Kier alpha value is -3.53. The quantitative estimate of drug-likeness (QED) is 0.498. The summed E-state index contributed by atoms with van der Waals surface area (Å²) >= 11 is 0. The van der Waals surface area contributed by atoms with E-state index in [9.17, 15) is 0 Å². The number of para-hydroxylation sites is 4. The third-order valence-corrected chi connectivity index (χ3v) is 4.75. The van der Waals surface area contributed by atoms with E-state index in [4.69, 9.17) is 15.0 Å². The molecule has 0 fully saturated rings. The van der Waals surface area contributed by atoms with Crippen molar-refractivity contribution in [2.75, 3.05) is 0 Å². The predicted molar refractivity (Wildman–Crippen MR) is 108 cm³/mol. The van der Waals surface area contributed by atoms with Crippen LogP contribution in [0.3, 0.4) is 0 Å². The fourth-order valence-electron chi connectivity index (χ4n) is 3.37. The number of aromatic amines is 1. The van der Waals surface area contributed by atoms with E-state index < -0.39 is 0 Å². The third kappa shape index (κ3) is 3.06. The van der Waals surface area contributed by atoms with Crippen LogP contribution in [0.15, 0.2) is 78.9 Å². The first kappa shape index (κ1) is 15.7. The van der Waals surface area contributed by atoms with E-state index >= 15 is 0 Å². The van der Waals surface area contributed by atoms with Crippen LogP contribution >= 0.6 is 0 Å². The smallest absolute Gasteiger partial charge is 0.159 e. The maximum Gasteiger partial charge on any atom is 0.159 e. The number of hydrogen-bond donors (Lipinski definition) is 1. The van der Waals surface area contributed by atoms with Crippen molar-refractivity contribution in [3.8, 4) is 11.5 Å². The summed E-state index contributed by atoms with van der Waals surface area (Å²) in [5, 5.41) is 0. The summed E-state index contributed by atoms with van der Waals surface area (Å²) in [6, 6.07) is 26.5. The largest absolute Gasteiger partial charge is 0.337 e. The van der Waals surface area contributed by atoms with Crippen molar-refractivity contribution >= 4 is 22.1 Å². The van der Waals surface area contributed by atoms with E-state index in [1.54, 1.807) is 0 Å². The maximum atomic E-state index is 4.91. The molecule has 2 aromatic heterocycles. The van der Waals surface area contributed by atoms with Gasteiger partial charge in [-0.3, -0.25) is 0 Å². The van der Waals surface area contributed by atoms with Gasteiger partial charge in [-0.05, 0) is 42.7 Å². The standard InChI is InChI=1S/C23H18N4/c1-2-8-16(9-3-1)14-15-21-22(25-18-11-5-4-10-17(18)24-21)23-26-19-12-6-7-13-20(19)27-23/h1-13H,14-15H2,(H,26,27). The lowest BCUT2D eigenvalue weighted by atomic mass is 10.1. The van der Waals surface area contributed by atoms with Crippen molar-refractivity contribution < 1.29 is 0 Å². The third-order valence-electron chi connectivity index (χ3n) is 4.75. The molecule has 5 aromatic rings. The number of hydrogen-bond acceptors (Lipinski definition) is 3. The minimum Gasteiger partial charge on any atom is -0.337 e. The maximum absolute atomic E-state index is 4.91. The highest BCUT2D eigenvalue weighted by molar-refractivity contribution is 5.81. The van der Waals surface area contributed by atoms with Crippen molar-refractivity contribution in [1.29, 1.82) is 0 Å². The fraction of sp³-hybridized carbons (Fsp3) is 0.0870. The zero-order valence-corrected chi connectivity index (χ0v) is 14.8. The molecule has 0 saturated carbocycles. The van der Waals surface area contributed by atoms with Crippen molar-refractivity contribution in [1.82, 2.24) is 19.9 Å². The molecule has 2 heterocycles. The Morgan fingerprint density at radius 2 is 1.26 bits per heavy atom. The molecule has 0 atom stereocenters. The Morgan fingerprint density at radius 3 is 2.04 bits per heavy atom. The first-order valence-electron chi connectivity index (χ1n) is 9.11. The summed E-state index contributed by atoms with van der Waals surface area (Å²) in [6.45, 7) is 0. The second-order valence-electron chi connectivity index (χ2n) is 6.60. The van der Waals surface area contributed by atoms with Gasteiger partial charge in [0.05, 0.1) is 27.8 Å². The van der Waals surface area contributed by atoms with Gasteiger partial charge < -0.3 is 4.98 Å². The van der Waals surface area contributed by atoms with Crippen molar-refractivity contribution in [2.45, 2.75) is 12.8 Å². The van der Waals surface area contributed by atoms with E-state index in [1.807, 2.05) is 54.6 Å². The van der Waals surface area contributed by atoms with Gasteiger partial charge in [0.15, 0.2) is 5.82 Å². The van der Waals surface area contributed by atoms with Gasteiger partial charge in [0.1, 0.15) is 5.69 Å². The van der Waals surface area contributed by atoms with Crippen LogP contribution in [0.4, 0.5) is 0 Å².